The van der Waals surface area contributed by atoms with Crippen LogP contribution in [0.1, 0.15) is 61.4 Å². The molecule has 3 aromatic rings. The van der Waals surface area contributed by atoms with E-state index < -0.39 is 0 Å². The molecule has 1 unspecified atom stereocenters. The number of nitrogens with one attached hydrogen (secondary N) is 1. The lowest BCUT2D eigenvalue weighted by molar-refractivity contribution is 0.0161. The fourth-order valence-corrected chi connectivity index (χ4v) is 5.44. The average molecular weight is 532 g/mol. The number of piperazine rings is 1. The molecule has 0 bridgehead atoms. The first-order valence-electron chi connectivity index (χ1n) is 14.2. The summed E-state index contributed by atoms with van der Waals surface area (Å²) in [6.45, 7) is 16.1. The van der Waals surface area contributed by atoms with E-state index in [1.807, 2.05) is 42.7 Å². The van der Waals surface area contributed by atoms with Crippen LogP contribution in [0.4, 0.5) is 5.82 Å². The van der Waals surface area contributed by atoms with Gasteiger partial charge in [0.1, 0.15) is 11.6 Å². The highest BCUT2D eigenvalue weighted by Gasteiger charge is 2.25. The normalized spacial score (nSPS) is 18.2. The SMILES string of the molecule is CC(C)c1ncc(C(CNC(=O)c2cccc3nc(N4CCN(C(C)C)CC4)ccc23)N2CCOCC2)cn1. The molecular formula is C30H41N7O2. The van der Waals surface area contributed by atoms with Crippen LogP contribution in [-0.4, -0.2) is 95.7 Å². The minimum absolute atomic E-state index is 0.0247. The van der Waals surface area contributed by atoms with Gasteiger partial charge < -0.3 is 15.0 Å². The Kier molecular flexibility index (Phi) is 8.69. The second-order valence-corrected chi connectivity index (χ2v) is 11.1. The maximum Gasteiger partial charge on any atom is 0.252 e. The third kappa shape index (κ3) is 6.37. The summed E-state index contributed by atoms with van der Waals surface area (Å²) in [6, 6.07) is 10.4. The van der Waals surface area contributed by atoms with Gasteiger partial charge in [0.25, 0.3) is 5.91 Å². The molecule has 0 radical (unpaired) electrons. The number of morpholine rings is 1. The molecule has 39 heavy (non-hydrogen) atoms. The lowest BCUT2D eigenvalue weighted by Crippen LogP contribution is -2.49. The van der Waals surface area contributed by atoms with Gasteiger partial charge in [-0.05, 0) is 38.1 Å². The summed E-state index contributed by atoms with van der Waals surface area (Å²) in [4.78, 5) is 34.8. The molecule has 1 amide bonds. The number of pyridine rings is 1. The number of aromatic nitrogens is 3. The molecule has 2 aromatic heterocycles. The van der Waals surface area contributed by atoms with Crippen molar-refractivity contribution in [3.05, 3.63) is 59.7 Å². The lowest BCUT2D eigenvalue weighted by Gasteiger charge is -2.37. The van der Waals surface area contributed by atoms with Crippen molar-refractivity contribution in [2.24, 2.45) is 0 Å². The number of anilines is 1. The molecule has 0 spiro atoms. The lowest BCUT2D eigenvalue weighted by atomic mass is 10.1. The zero-order valence-corrected chi connectivity index (χ0v) is 23.6. The zero-order valence-electron chi connectivity index (χ0n) is 23.6. The van der Waals surface area contributed by atoms with Gasteiger partial charge in [0.05, 0.1) is 24.8 Å². The monoisotopic (exact) mass is 531 g/mol. The Balaban J connectivity index is 1.31. The predicted octanol–water partition coefficient (Wildman–Crippen LogP) is 3.48. The number of rotatable bonds is 8. The standard InChI is InChI=1S/C30H41N7O2/c1-21(2)29-31-18-23(19-32-29)27(36-14-16-39-17-15-36)20-33-30(38)25-6-5-7-26-24(25)8-9-28(34-26)37-12-10-35(11-13-37)22(3)4/h5-9,18-19,21-22,27H,10-17,20H2,1-4H3,(H,33,38). The number of carbonyl (C=O) groups is 1. The Bertz CT molecular complexity index is 1250. The van der Waals surface area contributed by atoms with Gasteiger partial charge in [-0.1, -0.05) is 19.9 Å². The molecule has 2 fully saturated rings. The number of hydrogen-bond donors (Lipinski definition) is 1. The van der Waals surface area contributed by atoms with Crippen LogP contribution in [0.3, 0.4) is 0 Å². The summed E-state index contributed by atoms with van der Waals surface area (Å²) in [6.07, 6.45) is 3.80. The fraction of sp³-hybridized carbons (Fsp3) is 0.533. The Morgan fingerprint density at radius 3 is 2.31 bits per heavy atom. The Morgan fingerprint density at radius 1 is 0.923 bits per heavy atom. The molecular weight excluding hydrogens is 490 g/mol. The first-order chi connectivity index (χ1) is 18.9. The number of ether oxygens (including phenoxy) is 1. The molecule has 2 aliphatic rings. The van der Waals surface area contributed by atoms with Gasteiger partial charge in [0, 0.05) is 86.7 Å². The summed E-state index contributed by atoms with van der Waals surface area (Å²) < 4.78 is 5.58. The Labute approximate surface area is 231 Å². The number of fused-ring (bicyclic) bond motifs is 1. The summed E-state index contributed by atoms with van der Waals surface area (Å²) in [5.74, 6) is 1.97. The van der Waals surface area contributed by atoms with Crippen molar-refractivity contribution in [3.63, 3.8) is 0 Å². The Morgan fingerprint density at radius 2 is 1.64 bits per heavy atom. The van der Waals surface area contributed by atoms with Crippen LogP contribution in [0.5, 0.6) is 0 Å². The summed E-state index contributed by atoms with van der Waals surface area (Å²) in [5.41, 5.74) is 2.49. The summed E-state index contributed by atoms with van der Waals surface area (Å²) >= 11 is 0. The van der Waals surface area contributed by atoms with Crippen molar-refractivity contribution >= 4 is 22.6 Å². The quantitative estimate of drug-likeness (QED) is 0.473. The fourth-order valence-electron chi connectivity index (χ4n) is 5.44. The smallest absolute Gasteiger partial charge is 0.252 e. The van der Waals surface area contributed by atoms with Crippen LogP contribution in [0.2, 0.25) is 0 Å². The second-order valence-electron chi connectivity index (χ2n) is 11.1. The van der Waals surface area contributed by atoms with E-state index in [-0.39, 0.29) is 17.9 Å². The van der Waals surface area contributed by atoms with Crippen LogP contribution in [0.25, 0.3) is 10.9 Å². The van der Waals surface area contributed by atoms with Gasteiger partial charge >= 0.3 is 0 Å². The minimum atomic E-state index is -0.0984. The highest BCUT2D eigenvalue weighted by molar-refractivity contribution is 6.06. The van der Waals surface area contributed by atoms with Crippen molar-refractivity contribution in [1.82, 2.24) is 30.1 Å². The van der Waals surface area contributed by atoms with Crippen molar-refractivity contribution < 1.29 is 9.53 Å². The van der Waals surface area contributed by atoms with E-state index in [1.165, 1.54) is 0 Å². The largest absolute Gasteiger partial charge is 0.379 e. The number of carbonyl (C=O) groups excluding carboxylic acids is 1. The highest BCUT2D eigenvalue weighted by atomic mass is 16.5. The molecule has 2 saturated heterocycles. The van der Waals surface area contributed by atoms with Gasteiger partial charge in [-0.25, -0.2) is 15.0 Å². The van der Waals surface area contributed by atoms with Crippen LogP contribution >= 0.6 is 0 Å². The van der Waals surface area contributed by atoms with Crippen LogP contribution < -0.4 is 10.2 Å². The second kappa shape index (κ2) is 12.4. The molecule has 2 aliphatic heterocycles. The molecule has 1 atom stereocenters. The van der Waals surface area contributed by atoms with E-state index in [4.69, 9.17) is 9.72 Å². The maximum atomic E-state index is 13.5. The van der Waals surface area contributed by atoms with E-state index in [0.717, 1.165) is 67.4 Å². The summed E-state index contributed by atoms with van der Waals surface area (Å²) in [5, 5.41) is 4.06. The van der Waals surface area contributed by atoms with Gasteiger partial charge in [-0.2, -0.15) is 0 Å². The third-order valence-electron chi connectivity index (χ3n) is 7.87. The molecule has 4 heterocycles. The topological polar surface area (TPSA) is 86.7 Å². The molecule has 1 aromatic carbocycles. The van der Waals surface area contributed by atoms with Crippen molar-refractivity contribution in [2.45, 2.75) is 45.7 Å². The molecule has 208 valence electrons. The molecule has 1 N–H and O–H groups in total. The van der Waals surface area contributed by atoms with Crippen molar-refractivity contribution in [3.8, 4) is 0 Å². The molecule has 9 nitrogen and oxygen atoms in total. The van der Waals surface area contributed by atoms with Crippen LogP contribution in [0, 0.1) is 0 Å². The predicted molar refractivity (Wildman–Crippen MR) is 154 cm³/mol. The van der Waals surface area contributed by atoms with E-state index in [1.54, 1.807) is 0 Å². The van der Waals surface area contributed by atoms with E-state index in [9.17, 15) is 4.79 Å². The maximum absolute atomic E-state index is 13.5. The molecule has 0 saturated carbocycles. The van der Waals surface area contributed by atoms with Crippen molar-refractivity contribution in [2.75, 3.05) is 63.9 Å². The number of nitrogens with zero attached hydrogens (tertiary/aromatic N) is 6. The van der Waals surface area contributed by atoms with Crippen LogP contribution in [-0.2, 0) is 4.74 Å². The number of benzene rings is 1. The highest BCUT2D eigenvalue weighted by Crippen LogP contribution is 2.24. The minimum Gasteiger partial charge on any atom is -0.379 e. The van der Waals surface area contributed by atoms with Gasteiger partial charge in [0.2, 0.25) is 0 Å². The Hall–Kier alpha value is -3.14. The van der Waals surface area contributed by atoms with Gasteiger partial charge in [0.15, 0.2) is 0 Å². The van der Waals surface area contributed by atoms with E-state index >= 15 is 0 Å². The van der Waals surface area contributed by atoms with E-state index in [2.05, 4.69) is 57.7 Å². The van der Waals surface area contributed by atoms with E-state index in [0.29, 0.717) is 31.4 Å². The van der Waals surface area contributed by atoms with Crippen LogP contribution in [0.15, 0.2) is 42.7 Å². The average Bonchev–Trinajstić information content (AvgIpc) is 2.97. The molecule has 5 rings (SSSR count). The first-order valence-corrected chi connectivity index (χ1v) is 14.2. The molecule has 0 aliphatic carbocycles. The third-order valence-corrected chi connectivity index (χ3v) is 7.87. The first kappa shape index (κ1) is 27.4. The summed E-state index contributed by atoms with van der Waals surface area (Å²) in [7, 11) is 0. The zero-order chi connectivity index (χ0) is 27.4. The number of amides is 1. The number of hydrogen-bond acceptors (Lipinski definition) is 8. The van der Waals surface area contributed by atoms with Crippen molar-refractivity contribution in [1.29, 1.82) is 0 Å². The van der Waals surface area contributed by atoms with Gasteiger partial charge in [-0.3, -0.25) is 14.6 Å². The molecule has 9 heteroatoms. The van der Waals surface area contributed by atoms with Gasteiger partial charge in [-0.15, -0.1) is 0 Å².